The number of piperidine rings is 1. The molecule has 7 nitrogen and oxygen atoms in total. The van der Waals surface area contributed by atoms with Gasteiger partial charge in [0, 0.05) is 33.1 Å². The lowest BCUT2D eigenvalue weighted by molar-refractivity contribution is -0.149. The predicted octanol–water partition coefficient (Wildman–Crippen LogP) is 1.18. The van der Waals surface area contributed by atoms with Crippen LogP contribution in [0.3, 0.4) is 0 Å². The molecule has 1 N–H and O–H groups in total. The Kier molecular flexibility index (Phi) is 6.98. The second kappa shape index (κ2) is 8.49. The zero-order chi connectivity index (χ0) is 15.8. The third-order valence-electron chi connectivity index (χ3n) is 3.52. The average molecular weight is 300 g/mol. The molecule has 0 spiro atoms. The van der Waals surface area contributed by atoms with Crippen LogP contribution >= 0.6 is 0 Å². The fourth-order valence-electron chi connectivity index (χ4n) is 2.41. The molecule has 1 unspecified atom stereocenters. The molecule has 1 heterocycles. The van der Waals surface area contributed by atoms with Crippen molar-refractivity contribution in [2.24, 2.45) is 5.92 Å². The van der Waals surface area contributed by atoms with Gasteiger partial charge >= 0.3 is 18.0 Å². The fourth-order valence-corrected chi connectivity index (χ4v) is 2.41. The van der Waals surface area contributed by atoms with Crippen LogP contribution in [0.4, 0.5) is 4.79 Å². The molecule has 1 fully saturated rings. The number of hydrogen-bond acceptors (Lipinski definition) is 4. The molecule has 1 aliphatic heterocycles. The molecule has 1 rings (SSSR count). The smallest absolute Gasteiger partial charge is 0.319 e. The van der Waals surface area contributed by atoms with Crippen LogP contribution in [0.25, 0.3) is 0 Å². The number of likely N-dealkylation sites (tertiary alicyclic amines) is 1. The number of carboxylic acids is 1. The molecular weight excluding hydrogens is 276 g/mol. The van der Waals surface area contributed by atoms with Crippen LogP contribution in [0.2, 0.25) is 0 Å². The Hall–Kier alpha value is -1.79. The van der Waals surface area contributed by atoms with Gasteiger partial charge in [0.15, 0.2) is 0 Å². The average Bonchev–Trinajstić information content (AvgIpc) is 2.46. The number of carboxylic acid groups (broad SMARTS) is 1. The van der Waals surface area contributed by atoms with Crippen molar-refractivity contribution in [3.8, 4) is 0 Å². The maximum atomic E-state index is 12.3. The number of carbonyl (C=O) groups excluding carboxylic acids is 2. The number of carbonyl (C=O) groups is 3. The molecule has 0 radical (unpaired) electrons. The first-order chi connectivity index (χ1) is 9.95. The fraction of sp³-hybridized carbons (Fsp3) is 0.786. The summed E-state index contributed by atoms with van der Waals surface area (Å²) in [5, 5.41) is 8.59. The largest absolute Gasteiger partial charge is 0.481 e. The van der Waals surface area contributed by atoms with Crippen molar-refractivity contribution in [1.29, 1.82) is 0 Å². The van der Waals surface area contributed by atoms with E-state index in [1.807, 2.05) is 0 Å². The van der Waals surface area contributed by atoms with Crippen LogP contribution in [-0.2, 0) is 14.3 Å². The molecule has 0 bridgehead atoms. The Morgan fingerprint density at radius 3 is 2.71 bits per heavy atom. The van der Waals surface area contributed by atoms with Gasteiger partial charge in [0.25, 0.3) is 0 Å². The van der Waals surface area contributed by atoms with Crippen molar-refractivity contribution < 1.29 is 24.2 Å². The highest BCUT2D eigenvalue weighted by Crippen LogP contribution is 2.19. The zero-order valence-corrected chi connectivity index (χ0v) is 12.7. The Balaban J connectivity index is 2.45. The number of nitrogens with zero attached hydrogens (tertiary/aromatic N) is 2. The van der Waals surface area contributed by atoms with E-state index >= 15 is 0 Å². The van der Waals surface area contributed by atoms with E-state index in [9.17, 15) is 14.4 Å². The van der Waals surface area contributed by atoms with Crippen LogP contribution in [0.1, 0.15) is 32.6 Å². The molecule has 1 aliphatic rings. The molecule has 0 aromatic carbocycles. The molecule has 1 saturated heterocycles. The Labute approximate surface area is 124 Å². The first-order valence-corrected chi connectivity index (χ1v) is 7.34. The highest BCUT2D eigenvalue weighted by Gasteiger charge is 2.30. The number of rotatable bonds is 6. The molecule has 0 saturated carbocycles. The molecule has 120 valence electrons. The minimum atomic E-state index is -0.865. The summed E-state index contributed by atoms with van der Waals surface area (Å²) in [7, 11) is 1.65. The molecule has 1 atom stereocenters. The molecule has 21 heavy (non-hydrogen) atoms. The second-order valence-corrected chi connectivity index (χ2v) is 5.24. The van der Waals surface area contributed by atoms with Gasteiger partial charge in [0.05, 0.1) is 12.5 Å². The maximum Gasteiger partial charge on any atom is 0.319 e. The van der Waals surface area contributed by atoms with Crippen molar-refractivity contribution in [2.45, 2.75) is 32.6 Å². The van der Waals surface area contributed by atoms with E-state index in [-0.39, 0.29) is 24.3 Å². The number of ether oxygens (including phenoxy) is 1. The number of hydrogen-bond donors (Lipinski definition) is 1. The normalized spacial score (nSPS) is 18.2. The van der Waals surface area contributed by atoms with Gasteiger partial charge in [-0.05, 0) is 26.2 Å². The molecule has 0 aliphatic carbocycles. The summed E-state index contributed by atoms with van der Waals surface area (Å²) < 4.78 is 5.01. The summed E-state index contributed by atoms with van der Waals surface area (Å²) in [5.41, 5.74) is 0. The van der Waals surface area contributed by atoms with E-state index in [1.165, 1.54) is 4.90 Å². The Bertz CT molecular complexity index is 386. The topological polar surface area (TPSA) is 87.2 Å². The summed E-state index contributed by atoms with van der Waals surface area (Å²) >= 11 is 0. The summed E-state index contributed by atoms with van der Waals surface area (Å²) in [6, 6.07) is -0.158. The molecule has 0 aromatic heterocycles. The molecular formula is C14H24N2O5. The highest BCUT2D eigenvalue weighted by atomic mass is 16.5. The lowest BCUT2D eigenvalue weighted by Gasteiger charge is -2.34. The van der Waals surface area contributed by atoms with E-state index < -0.39 is 5.97 Å². The van der Waals surface area contributed by atoms with Crippen LogP contribution in [0, 0.1) is 5.92 Å². The molecule has 7 heteroatoms. The Morgan fingerprint density at radius 1 is 1.38 bits per heavy atom. The standard InChI is InChI=1S/C14H24N2O5/c1-3-21-13(19)11-6-4-9-16(10-11)14(20)15(2)8-5-7-12(17)18/h11H,3-10H2,1-2H3,(H,17,18). The van der Waals surface area contributed by atoms with Gasteiger partial charge in [-0.25, -0.2) is 4.79 Å². The van der Waals surface area contributed by atoms with E-state index in [4.69, 9.17) is 9.84 Å². The van der Waals surface area contributed by atoms with E-state index in [2.05, 4.69) is 0 Å². The van der Waals surface area contributed by atoms with Crippen molar-refractivity contribution in [3.05, 3.63) is 0 Å². The zero-order valence-electron chi connectivity index (χ0n) is 12.7. The van der Waals surface area contributed by atoms with Crippen LogP contribution in [0.5, 0.6) is 0 Å². The van der Waals surface area contributed by atoms with Crippen molar-refractivity contribution in [1.82, 2.24) is 9.80 Å². The minimum absolute atomic E-state index is 0.0447. The van der Waals surface area contributed by atoms with Gasteiger partial charge < -0.3 is 19.6 Å². The summed E-state index contributed by atoms with van der Waals surface area (Å²) in [6.45, 7) is 3.50. The van der Waals surface area contributed by atoms with E-state index in [1.54, 1.807) is 18.9 Å². The van der Waals surface area contributed by atoms with Gasteiger partial charge in [-0.15, -0.1) is 0 Å². The monoisotopic (exact) mass is 300 g/mol. The van der Waals surface area contributed by atoms with Crippen LogP contribution < -0.4 is 0 Å². The number of aliphatic carboxylic acids is 1. The predicted molar refractivity (Wildman–Crippen MR) is 75.8 cm³/mol. The van der Waals surface area contributed by atoms with Crippen LogP contribution in [-0.4, -0.2) is 66.2 Å². The van der Waals surface area contributed by atoms with Gasteiger partial charge in [-0.1, -0.05) is 0 Å². The van der Waals surface area contributed by atoms with Crippen molar-refractivity contribution >= 4 is 18.0 Å². The van der Waals surface area contributed by atoms with Gasteiger partial charge in [-0.3, -0.25) is 9.59 Å². The van der Waals surface area contributed by atoms with Gasteiger partial charge in [0.2, 0.25) is 0 Å². The van der Waals surface area contributed by atoms with Gasteiger partial charge in [-0.2, -0.15) is 0 Å². The minimum Gasteiger partial charge on any atom is -0.481 e. The quantitative estimate of drug-likeness (QED) is 0.744. The summed E-state index contributed by atoms with van der Waals surface area (Å²) in [5.74, 6) is -1.37. The third-order valence-corrected chi connectivity index (χ3v) is 3.52. The molecule has 2 amide bonds. The summed E-state index contributed by atoms with van der Waals surface area (Å²) in [4.78, 5) is 37.6. The van der Waals surface area contributed by atoms with Crippen molar-refractivity contribution in [3.63, 3.8) is 0 Å². The highest BCUT2D eigenvalue weighted by molar-refractivity contribution is 5.77. The van der Waals surface area contributed by atoms with Crippen molar-refractivity contribution in [2.75, 3.05) is 33.3 Å². The Morgan fingerprint density at radius 2 is 2.10 bits per heavy atom. The number of urea groups is 1. The van der Waals surface area contributed by atoms with E-state index in [0.29, 0.717) is 32.7 Å². The lowest BCUT2D eigenvalue weighted by atomic mass is 9.98. The number of amides is 2. The number of esters is 1. The summed E-state index contributed by atoms with van der Waals surface area (Å²) in [6.07, 6.45) is 1.99. The second-order valence-electron chi connectivity index (χ2n) is 5.24. The first-order valence-electron chi connectivity index (χ1n) is 7.34. The SMILES string of the molecule is CCOC(=O)C1CCCN(C(=O)N(C)CCCC(=O)O)C1. The van der Waals surface area contributed by atoms with Crippen LogP contribution in [0.15, 0.2) is 0 Å². The molecule has 0 aromatic rings. The first kappa shape index (κ1) is 17.3. The third kappa shape index (κ3) is 5.61. The van der Waals surface area contributed by atoms with Gasteiger partial charge in [0.1, 0.15) is 0 Å². The van der Waals surface area contributed by atoms with E-state index in [0.717, 1.165) is 12.8 Å². The maximum absolute atomic E-state index is 12.3. The lowest BCUT2D eigenvalue weighted by Crippen LogP contribution is -2.48.